The van der Waals surface area contributed by atoms with E-state index >= 15 is 0 Å². The number of urea groups is 2. The largest absolute Gasteiger partial charge is 0.325 e. The van der Waals surface area contributed by atoms with Gasteiger partial charge < -0.3 is 20.0 Å². The SMILES string of the molecule is CC(C)N(C)C(=O)N(CC(=O)Nc1ccc2c(c1)C[C@@]1(C2)C(=O)NC(=O)N1C)Cc1cc(F)cc(F)c1. The molecule has 9 nitrogen and oxygen atoms in total. The van der Waals surface area contributed by atoms with E-state index in [1.165, 1.54) is 14.7 Å². The second-order valence-electron chi connectivity index (χ2n) is 9.86. The number of carbonyl (C=O) groups excluding carboxylic acids is 4. The van der Waals surface area contributed by atoms with E-state index in [1.807, 2.05) is 13.8 Å². The summed E-state index contributed by atoms with van der Waals surface area (Å²) < 4.78 is 27.5. The maximum Gasteiger partial charge on any atom is 0.324 e. The molecule has 6 amide bonds. The highest BCUT2D eigenvalue weighted by Gasteiger charge is 2.54. The normalized spacial score (nSPS) is 18.3. The molecule has 37 heavy (non-hydrogen) atoms. The van der Waals surface area contributed by atoms with Gasteiger partial charge in [0, 0.05) is 51.3 Å². The monoisotopic (exact) mass is 513 g/mol. The summed E-state index contributed by atoms with van der Waals surface area (Å²) >= 11 is 0. The number of hydrogen-bond acceptors (Lipinski definition) is 4. The Labute approximate surface area is 213 Å². The van der Waals surface area contributed by atoms with Crippen molar-refractivity contribution in [3.8, 4) is 0 Å². The van der Waals surface area contributed by atoms with E-state index in [2.05, 4.69) is 10.6 Å². The molecular formula is C26H29F2N5O4. The van der Waals surface area contributed by atoms with Gasteiger partial charge >= 0.3 is 12.1 Å². The first-order valence-corrected chi connectivity index (χ1v) is 11.9. The summed E-state index contributed by atoms with van der Waals surface area (Å²) in [5, 5.41) is 5.11. The first-order chi connectivity index (χ1) is 17.4. The fourth-order valence-electron chi connectivity index (χ4n) is 4.71. The highest BCUT2D eigenvalue weighted by molar-refractivity contribution is 6.07. The Bertz CT molecular complexity index is 1260. The minimum atomic E-state index is -0.979. The summed E-state index contributed by atoms with van der Waals surface area (Å²) in [7, 11) is 3.17. The number of likely N-dealkylation sites (N-methyl/N-ethyl adjacent to an activating group) is 1. The number of hydrogen-bond donors (Lipinski definition) is 2. The van der Waals surface area contributed by atoms with E-state index in [-0.39, 0.29) is 30.6 Å². The van der Waals surface area contributed by atoms with Crippen molar-refractivity contribution in [1.29, 1.82) is 0 Å². The van der Waals surface area contributed by atoms with E-state index in [4.69, 9.17) is 0 Å². The van der Waals surface area contributed by atoms with Gasteiger partial charge in [-0.15, -0.1) is 0 Å². The molecular weight excluding hydrogens is 484 g/mol. The van der Waals surface area contributed by atoms with Gasteiger partial charge in [0.2, 0.25) is 5.91 Å². The molecule has 0 bridgehead atoms. The molecule has 0 radical (unpaired) electrons. The van der Waals surface area contributed by atoms with Crippen LogP contribution in [0.25, 0.3) is 0 Å². The Morgan fingerprint density at radius 1 is 1.08 bits per heavy atom. The number of anilines is 1. The molecule has 1 fully saturated rings. The molecule has 1 aliphatic heterocycles. The van der Waals surface area contributed by atoms with Crippen LogP contribution < -0.4 is 10.6 Å². The molecule has 1 atom stereocenters. The summed E-state index contributed by atoms with van der Waals surface area (Å²) in [6, 6.07) is 7.15. The zero-order valence-corrected chi connectivity index (χ0v) is 21.1. The summed E-state index contributed by atoms with van der Waals surface area (Å²) in [6.07, 6.45) is 0.688. The van der Waals surface area contributed by atoms with Crippen molar-refractivity contribution in [2.24, 2.45) is 0 Å². The van der Waals surface area contributed by atoms with Crippen molar-refractivity contribution >= 4 is 29.6 Å². The lowest BCUT2D eigenvalue weighted by Gasteiger charge is -2.30. The number of fused-ring (bicyclic) bond motifs is 1. The summed E-state index contributed by atoms with van der Waals surface area (Å²) in [5.74, 6) is -2.40. The first-order valence-electron chi connectivity index (χ1n) is 11.9. The third-order valence-corrected chi connectivity index (χ3v) is 7.02. The Morgan fingerprint density at radius 2 is 1.73 bits per heavy atom. The summed E-state index contributed by atoms with van der Waals surface area (Å²) in [6.45, 7) is 3.10. The number of nitrogens with zero attached hydrogens (tertiary/aromatic N) is 3. The predicted octanol–water partition coefficient (Wildman–Crippen LogP) is 2.88. The number of nitrogens with one attached hydrogen (secondary N) is 2. The van der Waals surface area contributed by atoms with Gasteiger partial charge in [-0.05, 0) is 54.8 Å². The lowest BCUT2D eigenvalue weighted by atomic mass is 9.95. The fourth-order valence-corrected chi connectivity index (χ4v) is 4.71. The summed E-state index contributed by atoms with van der Waals surface area (Å²) in [5.41, 5.74) is 1.43. The Morgan fingerprint density at radius 3 is 2.32 bits per heavy atom. The number of imide groups is 1. The number of benzene rings is 2. The maximum absolute atomic E-state index is 13.7. The van der Waals surface area contributed by atoms with Crippen molar-refractivity contribution in [2.75, 3.05) is 26.0 Å². The zero-order valence-electron chi connectivity index (χ0n) is 21.1. The van der Waals surface area contributed by atoms with Gasteiger partial charge in [-0.25, -0.2) is 18.4 Å². The van der Waals surface area contributed by atoms with Gasteiger partial charge in [-0.2, -0.15) is 0 Å². The molecule has 2 N–H and O–H groups in total. The Hall–Kier alpha value is -4.02. The maximum atomic E-state index is 13.7. The number of amides is 6. The standard InChI is InChI=1S/C26H29F2N5O4/c1-15(2)31(3)25(37)33(13-16-7-19(27)10-20(28)8-16)14-22(34)29-21-6-5-17-11-26(12-18(17)9-21)23(35)30-24(36)32(26)4/h5-10,15H,11-14H2,1-4H3,(H,29,34)(H,30,35,36)/t26-/m0/s1. The lowest BCUT2D eigenvalue weighted by molar-refractivity contribution is -0.125. The highest BCUT2D eigenvalue weighted by Crippen LogP contribution is 2.38. The van der Waals surface area contributed by atoms with Crippen LogP contribution in [0.3, 0.4) is 0 Å². The van der Waals surface area contributed by atoms with E-state index in [1.54, 1.807) is 32.3 Å². The molecule has 1 saturated heterocycles. The van der Waals surface area contributed by atoms with Crippen LogP contribution in [0, 0.1) is 11.6 Å². The van der Waals surface area contributed by atoms with Gasteiger partial charge in [0.15, 0.2) is 0 Å². The van der Waals surface area contributed by atoms with Crippen LogP contribution in [0.2, 0.25) is 0 Å². The van der Waals surface area contributed by atoms with Crippen molar-refractivity contribution in [2.45, 2.75) is 44.8 Å². The molecule has 0 aromatic heterocycles. The van der Waals surface area contributed by atoms with Gasteiger partial charge in [-0.1, -0.05) is 6.07 Å². The van der Waals surface area contributed by atoms with E-state index < -0.39 is 35.1 Å². The quantitative estimate of drug-likeness (QED) is 0.580. The second kappa shape index (κ2) is 9.79. The molecule has 0 unspecified atom stereocenters. The van der Waals surface area contributed by atoms with Crippen LogP contribution in [-0.2, 0) is 29.0 Å². The molecule has 2 aliphatic rings. The zero-order chi connectivity index (χ0) is 27.1. The van der Waals surface area contributed by atoms with Gasteiger partial charge in [-0.3, -0.25) is 14.9 Å². The van der Waals surface area contributed by atoms with Crippen LogP contribution in [0.4, 0.5) is 24.1 Å². The number of rotatable bonds is 6. The van der Waals surface area contributed by atoms with Gasteiger partial charge in [0.05, 0.1) is 0 Å². The third kappa shape index (κ3) is 5.11. The molecule has 2 aromatic rings. The van der Waals surface area contributed by atoms with Crippen molar-refractivity contribution in [3.63, 3.8) is 0 Å². The third-order valence-electron chi connectivity index (χ3n) is 7.02. The molecule has 1 spiro atoms. The Kier molecular flexibility index (Phi) is 6.90. The van der Waals surface area contributed by atoms with Gasteiger partial charge in [0.25, 0.3) is 5.91 Å². The van der Waals surface area contributed by atoms with Crippen LogP contribution in [-0.4, -0.2) is 70.8 Å². The number of halogens is 2. The molecule has 1 heterocycles. The molecule has 1 aliphatic carbocycles. The predicted molar refractivity (Wildman–Crippen MR) is 132 cm³/mol. The van der Waals surface area contributed by atoms with Gasteiger partial charge in [0.1, 0.15) is 23.7 Å². The number of carbonyl (C=O) groups is 4. The smallest absolute Gasteiger partial charge is 0.324 e. The van der Waals surface area contributed by atoms with Crippen LogP contribution in [0.15, 0.2) is 36.4 Å². The van der Waals surface area contributed by atoms with Crippen LogP contribution >= 0.6 is 0 Å². The second-order valence-corrected chi connectivity index (χ2v) is 9.86. The van der Waals surface area contributed by atoms with E-state index in [0.717, 1.165) is 29.3 Å². The molecule has 0 saturated carbocycles. The van der Waals surface area contributed by atoms with Crippen LogP contribution in [0.5, 0.6) is 0 Å². The van der Waals surface area contributed by atoms with Crippen molar-refractivity contribution < 1.29 is 28.0 Å². The van der Waals surface area contributed by atoms with Crippen molar-refractivity contribution in [1.82, 2.24) is 20.0 Å². The average molecular weight is 514 g/mol. The molecule has 11 heteroatoms. The minimum absolute atomic E-state index is 0.163. The fraction of sp³-hybridized carbons (Fsp3) is 0.385. The Balaban J connectivity index is 1.49. The first kappa shape index (κ1) is 26.1. The van der Waals surface area contributed by atoms with Crippen molar-refractivity contribution in [3.05, 3.63) is 64.7 Å². The lowest BCUT2D eigenvalue weighted by Crippen LogP contribution is -2.48. The highest BCUT2D eigenvalue weighted by atomic mass is 19.1. The van der Waals surface area contributed by atoms with E-state index in [9.17, 15) is 28.0 Å². The topological polar surface area (TPSA) is 102 Å². The molecule has 4 rings (SSSR count). The molecule has 2 aromatic carbocycles. The van der Waals surface area contributed by atoms with Crippen LogP contribution in [0.1, 0.15) is 30.5 Å². The molecule has 196 valence electrons. The summed E-state index contributed by atoms with van der Waals surface area (Å²) in [4.78, 5) is 54.5. The van der Waals surface area contributed by atoms with E-state index in [0.29, 0.717) is 18.5 Å². The average Bonchev–Trinajstić information content (AvgIpc) is 3.29. The minimum Gasteiger partial charge on any atom is -0.325 e.